The third-order valence-corrected chi connectivity index (χ3v) is 4.77. The summed E-state index contributed by atoms with van der Waals surface area (Å²) in [4.78, 5) is 24.6. The number of para-hydroxylation sites is 1. The highest BCUT2D eigenvalue weighted by molar-refractivity contribution is 6.08. The van der Waals surface area contributed by atoms with Gasteiger partial charge in [-0.2, -0.15) is 0 Å². The van der Waals surface area contributed by atoms with Crippen molar-refractivity contribution >= 4 is 39.3 Å². The standard InChI is InChI=1S/C23H19NO4/c1-14-7-3-6-10-19(14)24-20(25)13-27-23(26)21-15(2)17-12-11-16-8-4-5-9-18(16)22(17)28-21/h3-12H,13H2,1-2H3,(H,24,25). The van der Waals surface area contributed by atoms with Gasteiger partial charge in [-0.1, -0.05) is 54.6 Å². The van der Waals surface area contributed by atoms with Crippen molar-refractivity contribution in [1.29, 1.82) is 0 Å². The van der Waals surface area contributed by atoms with E-state index in [0.717, 1.165) is 21.7 Å². The van der Waals surface area contributed by atoms with E-state index in [1.807, 2.05) is 68.4 Å². The molecule has 0 aliphatic rings. The molecule has 0 spiro atoms. The summed E-state index contributed by atoms with van der Waals surface area (Å²) in [5.74, 6) is -0.936. The molecule has 0 bridgehead atoms. The molecule has 4 aromatic rings. The van der Waals surface area contributed by atoms with Crippen LogP contribution >= 0.6 is 0 Å². The van der Waals surface area contributed by atoms with Gasteiger partial charge in [0.25, 0.3) is 5.91 Å². The monoisotopic (exact) mass is 373 g/mol. The maximum Gasteiger partial charge on any atom is 0.375 e. The summed E-state index contributed by atoms with van der Waals surface area (Å²) in [6.45, 7) is 3.32. The number of aryl methyl sites for hydroxylation is 2. The summed E-state index contributed by atoms with van der Waals surface area (Å²) in [6.07, 6.45) is 0. The topological polar surface area (TPSA) is 68.5 Å². The summed E-state index contributed by atoms with van der Waals surface area (Å²) in [7, 11) is 0. The fourth-order valence-electron chi connectivity index (χ4n) is 3.24. The molecule has 1 aromatic heterocycles. The van der Waals surface area contributed by atoms with Crippen molar-refractivity contribution in [2.24, 2.45) is 0 Å². The van der Waals surface area contributed by atoms with Gasteiger partial charge < -0.3 is 14.5 Å². The third kappa shape index (κ3) is 3.22. The Hall–Kier alpha value is -3.60. The first-order valence-corrected chi connectivity index (χ1v) is 8.98. The van der Waals surface area contributed by atoms with Crippen LogP contribution < -0.4 is 5.32 Å². The second-order valence-corrected chi connectivity index (χ2v) is 6.66. The molecule has 4 rings (SSSR count). The SMILES string of the molecule is Cc1ccccc1NC(=O)COC(=O)c1oc2c(ccc3ccccc32)c1C. The Balaban J connectivity index is 1.53. The van der Waals surface area contributed by atoms with Crippen molar-refractivity contribution in [3.63, 3.8) is 0 Å². The quantitative estimate of drug-likeness (QED) is 0.511. The molecule has 0 aliphatic heterocycles. The van der Waals surface area contributed by atoms with E-state index in [1.54, 1.807) is 6.07 Å². The van der Waals surface area contributed by atoms with E-state index in [4.69, 9.17) is 9.15 Å². The number of hydrogen-bond acceptors (Lipinski definition) is 4. The molecule has 0 atom stereocenters. The van der Waals surface area contributed by atoms with Gasteiger partial charge in [0.15, 0.2) is 6.61 Å². The van der Waals surface area contributed by atoms with Gasteiger partial charge in [-0.05, 0) is 30.9 Å². The van der Waals surface area contributed by atoms with E-state index in [0.29, 0.717) is 16.8 Å². The molecule has 140 valence electrons. The van der Waals surface area contributed by atoms with Crippen LogP contribution in [0.25, 0.3) is 21.7 Å². The Kier molecular flexibility index (Phi) is 4.57. The number of esters is 1. The molecular weight excluding hydrogens is 354 g/mol. The highest BCUT2D eigenvalue weighted by atomic mass is 16.5. The summed E-state index contributed by atoms with van der Waals surface area (Å²) in [5.41, 5.74) is 2.97. The average Bonchev–Trinajstić information content (AvgIpc) is 3.05. The molecule has 0 fully saturated rings. The number of anilines is 1. The summed E-state index contributed by atoms with van der Waals surface area (Å²) < 4.78 is 11.0. The van der Waals surface area contributed by atoms with Gasteiger partial charge in [-0.15, -0.1) is 0 Å². The van der Waals surface area contributed by atoms with Crippen LogP contribution in [0.2, 0.25) is 0 Å². The zero-order valence-corrected chi connectivity index (χ0v) is 15.6. The smallest absolute Gasteiger partial charge is 0.375 e. The Morgan fingerprint density at radius 2 is 1.68 bits per heavy atom. The Bertz CT molecular complexity index is 1210. The van der Waals surface area contributed by atoms with E-state index >= 15 is 0 Å². The number of amides is 1. The van der Waals surface area contributed by atoms with Crippen LogP contribution in [-0.2, 0) is 9.53 Å². The van der Waals surface area contributed by atoms with Crippen molar-refractivity contribution in [1.82, 2.24) is 0 Å². The Labute approximate surface area is 161 Å². The lowest BCUT2D eigenvalue weighted by molar-refractivity contribution is -0.119. The normalized spacial score (nSPS) is 10.9. The maximum atomic E-state index is 12.5. The first-order chi connectivity index (χ1) is 13.5. The Morgan fingerprint density at radius 1 is 0.929 bits per heavy atom. The van der Waals surface area contributed by atoms with Crippen LogP contribution in [0.1, 0.15) is 21.7 Å². The second kappa shape index (κ2) is 7.19. The zero-order valence-electron chi connectivity index (χ0n) is 15.6. The van der Waals surface area contributed by atoms with Crippen LogP contribution in [-0.4, -0.2) is 18.5 Å². The molecule has 1 heterocycles. The number of hydrogen-bond donors (Lipinski definition) is 1. The van der Waals surface area contributed by atoms with Crippen LogP contribution in [0.5, 0.6) is 0 Å². The summed E-state index contributed by atoms with van der Waals surface area (Å²) in [6, 6.07) is 19.1. The minimum Gasteiger partial charge on any atom is -0.450 e. The number of furan rings is 1. The molecule has 0 unspecified atom stereocenters. The van der Waals surface area contributed by atoms with Gasteiger partial charge in [0.1, 0.15) is 5.58 Å². The van der Waals surface area contributed by atoms with Crippen LogP contribution in [0.3, 0.4) is 0 Å². The average molecular weight is 373 g/mol. The summed E-state index contributed by atoms with van der Waals surface area (Å²) >= 11 is 0. The number of carbonyl (C=O) groups excluding carboxylic acids is 2. The molecular formula is C23H19NO4. The Morgan fingerprint density at radius 3 is 2.50 bits per heavy atom. The van der Waals surface area contributed by atoms with Gasteiger partial charge in [0.05, 0.1) is 0 Å². The van der Waals surface area contributed by atoms with Crippen molar-refractivity contribution in [2.75, 3.05) is 11.9 Å². The van der Waals surface area contributed by atoms with Gasteiger partial charge in [0.2, 0.25) is 5.76 Å². The first-order valence-electron chi connectivity index (χ1n) is 8.98. The molecule has 5 nitrogen and oxygen atoms in total. The molecule has 5 heteroatoms. The second-order valence-electron chi connectivity index (χ2n) is 6.66. The molecule has 0 saturated carbocycles. The molecule has 1 N–H and O–H groups in total. The lowest BCUT2D eigenvalue weighted by atomic mass is 10.1. The van der Waals surface area contributed by atoms with Gasteiger partial charge in [-0.3, -0.25) is 4.79 Å². The number of fused-ring (bicyclic) bond motifs is 3. The lowest BCUT2D eigenvalue weighted by Gasteiger charge is -2.08. The van der Waals surface area contributed by atoms with Crippen molar-refractivity contribution < 1.29 is 18.7 Å². The van der Waals surface area contributed by atoms with Crippen LogP contribution in [0.15, 0.2) is 65.1 Å². The minimum atomic E-state index is -0.655. The highest BCUT2D eigenvalue weighted by Gasteiger charge is 2.21. The molecule has 1 amide bonds. The number of carbonyl (C=O) groups is 2. The molecule has 0 radical (unpaired) electrons. The van der Waals surface area contributed by atoms with E-state index in [2.05, 4.69) is 5.32 Å². The van der Waals surface area contributed by atoms with Crippen molar-refractivity contribution in [3.8, 4) is 0 Å². The largest absolute Gasteiger partial charge is 0.450 e. The third-order valence-electron chi connectivity index (χ3n) is 4.77. The number of ether oxygens (including phenoxy) is 1. The number of nitrogens with one attached hydrogen (secondary N) is 1. The predicted octanol–water partition coefficient (Wildman–Crippen LogP) is 5.00. The lowest BCUT2D eigenvalue weighted by Crippen LogP contribution is -2.21. The number of benzene rings is 3. The fourth-order valence-corrected chi connectivity index (χ4v) is 3.24. The van der Waals surface area contributed by atoms with E-state index in [9.17, 15) is 9.59 Å². The van der Waals surface area contributed by atoms with Gasteiger partial charge in [-0.25, -0.2) is 4.79 Å². The zero-order chi connectivity index (χ0) is 19.7. The fraction of sp³-hybridized carbons (Fsp3) is 0.130. The highest BCUT2D eigenvalue weighted by Crippen LogP contribution is 2.32. The van der Waals surface area contributed by atoms with Gasteiger partial charge >= 0.3 is 5.97 Å². The molecule has 0 saturated heterocycles. The van der Waals surface area contributed by atoms with E-state index in [-0.39, 0.29) is 12.4 Å². The van der Waals surface area contributed by atoms with Crippen LogP contribution in [0.4, 0.5) is 5.69 Å². The maximum absolute atomic E-state index is 12.5. The first kappa shape index (κ1) is 17.8. The number of rotatable bonds is 4. The minimum absolute atomic E-state index is 0.120. The molecule has 28 heavy (non-hydrogen) atoms. The van der Waals surface area contributed by atoms with E-state index in [1.165, 1.54) is 0 Å². The van der Waals surface area contributed by atoms with Gasteiger partial charge in [0, 0.05) is 22.0 Å². The van der Waals surface area contributed by atoms with Crippen LogP contribution in [0, 0.1) is 13.8 Å². The molecule has 3 aromatic carbocycles. The predicted molar refractivity (Wildman–Crippen MR) is 109 cm³/mol. The summed E-state index contributed by atoms with van der Waals surface area (Å²) in [5, 5.41) is 5.55. The van der Waals surface area contributed by atoms with Crippen molar-refractivity contribution in [2.45, 2.75) is 13.8 Å². The molecule has 0 aliphatic carbocycles. The van der Waals surface area contributed by atoms with E-state index < -0.39 is 11.9 Å². The van der Waals surface area contributed by atoms with Crippen molar-refractivity contribution in [3.05, 3.63) is 77.6 Å².